The first-order valence-corrected chi connectivity index (χ1v) is 7.23. The highest BCUT2D eigenvalue weighted by atomic mass is 16.5. The summed E-state index contributed by atoms with van der Waals surface area (Å²) in [6, 6.07) is 5.73. The van der Waals surface area contributed by atoms with E-state index in [9.17, 15) is 4.79 Å². The Bertz CT molecular complexity index is 444. The Morgan fingerprint density at radius 1 is 1.30 bits per heavy atom. The van der Waals surface area contributed by atoms with Gasteiger partial charge in [0.2, 0.25) is 5.91 Å². The van der Waals surface area contributed by atoms with Crippen LogP contribution in [0.1, 0.15) is 33.3 Å². The minimum absolute atomic E-state index is 0.0339. The van der Waals surface area contributed by atoms with E-state index in [2.05, 4.69) is 10.6 Å². The lowest BCUT2D eigenvalue weighted by molar-refractivity contribution is -0.119. The summed E-state index contributed by atoms with van der Waals surface area (Å²) < 4.78 is 5.63. The van der Waals surface area contributed by atoms with Crippen molar-refractivity contribution in [3.8, 4) is 5.75 Å². The lowest BCUT2D eigenvalue weighted by Crippen LogP contribution is -2.30. The van der Waals surface area contributed by atoms with E-state index in [-0.39, 0.29) is 17.9 Å². The molecule has 1 aromatic carbocycles. The van der Waals surface area contributed by atoms with Crippen LogP contribution in [-0.4, -0.2) is 25.1 Å². The number of rotatable bonds is 7. The molecule has 1 amide bonds. The molecule has 4 heteroatoms. The van der Waals surface area contributed by atoms with Crippen molar-refractivity contribution in [2.24, 2.45) is 5.92 Å². The van der Waals surface area contributed by atoms with Crippen LogP contribution in [0, 0.1) is 12.8 Å². The molecular weight excluding hydrogens is 252 g/mol. The number of carbonyl (C=O) groups is 1. The van der Waals surface area contributed by atoms with Crippen molar-refractivity contribution in [1.29, 1.82) is 0 Å². The fourth-order valence-electron chi connectivity index (χ4n) is 1.83. The number of amides is 1. The van der Waals surface area contributed by atoms with E-state index in [0.717, 1.165) is 23.5 Å². The van der Waals surface area contributed by atoms with Gasteiger partial charge in [-0.25, -0.2) is 0 Å². The van der Waals surface area contributed by atoms with Gasteiger partial charge >= 0.3 is 0 Å². The molecule has 0 aromatic heterocycles. The number of benzene rings is 1. The van der Waals surface area contributed by atoms with E-state index in [4.69, 9.17) is 4.74 Å². The lowest BCUT2D eigenvalue weighted by atomic mass is 10.1. The molecule has 20 heavy (non-hydrogen) atoms. The molecule has 0 aliphatic heterocycles. The van der Waals surface area contributed by atoms with E-state index >= 15 is 0 Å². The highest BCUT2D eigenvalue weighted by Gasteiger charge is 2.13. The van der Waals surface area contributed by atoms with Crippen molar-refractivity contribution in [3.63, 3.8) is 0 Å². The number of anilines is 1. The van der Waals surface area contributed by atoms with Crippen molar-refractivity contribution in [2.45, 2.75) is 40.7 Å². The zero-order chi connectivity index (χ0) is 15.1. The predicted octanol–water partition coefficient (Wildman–Crippen LogP) is 2.97. The Balaban J connectivity index is 2.66. The van der Waals surface area contributed by atoms with Gasteiger partial charge in [0, 0.05) is 18.2 Å². The van der Waals surface area contributed by atoms with Gasteiger partial charge in [0.05, 0.1) is 6.10 Å². The first kappa shape index (κ1) is 16.5. The molecule has 0 saturated heterocycles. The van der Waals surface area contributed by atoms with Crippen molar-refractivity contribution >= 4 is 11.6 Å². The Hall–Kier alpha value is -1.55. The van der Waals surface area contributed by atoms with Crippen LogP contribution in [0.25, 0.3) is 0 Å². The van der Waals surface area contributed by atoms with Gasteiger partial charge in [0.15, 0.2) is 0 Å². The summed E-state index contributed by atoms with van der Waals surface area (Å²) in [6.45, 7) is 11.5. The molecule has 0 saturated carbocycles. The Morgan fingerprint density at radius 2 is 2.00 bits per heavy atom. The maximum Gasteiger partial charge on any atom is 0.228 e. The SMILES string of the molecule is CCNCC(C)C(=O)Nc1ccc(OC(C)C)cc1C. The monoisotopic (exact) mass is 278 g/mol. The molecule has 112 valence electrons. The molecule has 1 atom stereocenters. The molecule has 0 radical (unpaired) electrons. The maximum absolute atomic E-state index is 12.1. The van der Waals surface area contributed by atoms with E-state index in [1.165, 1.54) is 0 Å². The number of ether oxygens (including phenoxy) is 1. The molecule has 0 spiro atoms. The van der Waals surface area contributed by atoms with Crippen LogP contribution >= 0.6 is 0 Å². The summed E-state index contributed by atoms with van der Waals surface area (Å²) in [7, 11) is 0. The smallest absolute Gasteiger partial charge is 0.228 e. The zero-order valence-electron chi connectivity index (χ0n) is 13.1. The number of hydrogen-bond acceptors (Lipinski definition) is 3. The Labute approximate surface area is 121 Å². The van der Waals surface area contributed by atoms with Crippen molar-refractivity contribution in [2.75, 3.05) is 18.4 Å². The summed E-state index contributed by atoms with van der Waals surface area (Å²) in [6.07, 6.45) is 0.148. The average molecular weight is 278 g/mol. The highest BCUT2D eigenvalue weighted by Crippen LogP contribution is 2.22. The Kier molecular flexibility index (Phi) is 6.52. The molecule has 0 aliphatic rings. The van der Waals surface area contributed by atoms with Gasteiger partial charge in [-0.15, -0.1) is 0 Å². The van der Waals surface area contributed by atoms with Crippen LogP contribution in [0.4, 0.5) is 5.69 Å². The van der Waals surface area contributed by atoms with Crippen LogP contribution in [0.5, 0.6) is 5.75 Å². The third-order valence-electron chi connectivity index (χ3n) is 2.98. The van der Waals surface area contributed by atoms with Crippen molar-refractivity contribution in [1.82, 2.24) is 5.32 Å². The lowest BCUT2D eigenvalue weighted by Gasteiger charge is -2.15. The largest absolute Gasteiger partial charge is 0.491 e. The summed E-state index contributed by atoms with van der Waals surface area (Å²) in [5, 5.41) is 6.14. The van der Waals surface area contributed by atoms with Crippen LogP contribution < -0.4 is 15.4 Å². The normalized spacial score (nSPS) is 12.3. The molecule has 2 N–H and O–H groups in total. The van der Waals surface area contributed by atoms with E-state index < -0.39 is 0 Å². The molecule has 1 aromatic rings. The third-order valence-corrected chi connectivity index (χ3v) is 2.98. The number of aryl methyl sites for hydroxylation is 1. The Morgan fingerprint density at radius 3 is 2.55 bits per heavy atom. The molecule has 0 aliphatic carbocycles. The molecule has 4 nitrogen and oxygen atoms in total. The first-order valence-electron chi connectivity index (χ1n) is 7.23. The van der Waals surface area contributed by atoms with E-state index in [1.807, 2.05) is 52.8 Å². The summed E-state index contributed by atoms with van der Waals surface area (Å²) in [5.74, 6) is 0.809. The van der Waals surface area contributed by atoms with Gasteiger partial charge in [-0.1, -0.05) is 13.8 Å². The zero-order valence-corrected chi connectivity index (χ0v) is 13.1. The van der Waals surface area contributed by atoms with Gasteiger partial charge in [-0.2, -0.15) is 0 Å². The minimum Gasteiger partial charge on any atom is -0.491 e. The fourth-order valence-corrected chi connectivity index (χ4v) is 1.83. The van der Waals surface area contributed by atoms with Crippen LogP contribution in [0.3, 0.4) is 0 Å². The fraction of sp³-hybridized carbons (Fsp3) is 0.562. The topological polar surface area (TPSA) is 50.4 Å². The standard InChI is InChI=1S/C16H26N2O2/c1-6-17-10-13(5)16(19)18-15-8-7-14(9-12(15)4)20-11(2)3/h7-9,11,13,17H,6,10H2,1-5H3,(H,18,19). The second-order valence-electron chi connectivity index (χ2n) is 5.34. The second-order valence-corrected chi connectivity index (χ2v) is 5.34. The summed E-state index contributed by atoms with van der Waals surface area (Å²) in [5.41, 5.74) is 1.85. The average Bonchev–Trinajstić information content (AvgIpc) is 2.38. The van der Waals surface area contributed by atoms with Gasteiger partial charge in [-0.05, 0) is 51.1 Å². The van der Waals surface area contributed by atoms with Crippen LogP contribution in [-0.2, 0) is 4.79 Å². The third kappa shape index (κ3) is 5.21. The predicted molar refractivity (Wildman–Crippen MR) is 83.3 cm³/mol. The van der Waals surface area contributed by atoms with Gasteiger partial charge in [0.25, 0.3) is 0 Å². The first-order chi connectivity index (χ1) is 9.43. The number of hydrogen-bond donors (Lipinski definition) is 2. The van der Waals surface area contributed by atoms with E-state index in [0.29, 0.717) is 6.54 Å². The quantitative estimate of drug-likeness (QED) is 0.806. The molecule has 0 bridgehead atoms. The number of carbonyl (C=O) groups excluding carboxylic acids is 1. The maximum atomic E-state index is 12.1. The molecule has 1 rings (SSSR count). The second kappa shape index (κ2) is 7.90. The van der Waals surface area contributed by atoms with Crippen LogP contribution in [0.2, 0.25) is 0 Å². The molecule has 0 heterocycles. The minimum atomic E-state index is -0.0547. The van der Waals surface area contributed by atoms with Crippen molar-refractivity contribution in [3.05, 3.63) is 23.8 Å². The van der Waals surface area contributed by atoms with Crippen LogP contribution in [0.15, 0.2) is 18.2 Å². The molecule has 0 fully saturated rings. The highest BCUT2D eigenvalue weighted by molar-refractivity contribution is 5.93. The van der Waals surface area contributed by atoms with Crippen molar-refractivity contribution < 1.29 is 9.53 Å². The molecule has 1 unspecified atom stereocenters. The summed E-state index contributed by atoms with van der Waals surface area (Å²) in [4.78, 5) is 12.1. The summed E-state index contributed by atoms with van der Waals surface area (Å²) >= 11 is 0. The number of nitrogens with one attached hydrogen (secondary N) is 2. The van der Waals surface area contributed by atoms with Gasteiger partial charge in [0.1, 0.15) is 5.75 Å². The van der Waals surface area contributed by atoms with E-state index in [1.54, 1.807) is 0 Å². The molecular formula is C16H26N2O2. The van der Waals surface area contributed by atoms with Gasteiger partial charge in [-0.3, -0.25) is 4.79 Å². The van der Waals surface area contributed by atoms with Gasteiger partial charge < -0.3 is 15.4 Å².